The lowest BCUT2D eigenvalue weighted by atomic mass is 10.1. The standard InChI is InChI=1S/C20H24N4O/c1-4-12-24-18(22-16-6-5-11-21-20(16)24)9-10-19(25)23-17-13-14(2)7-8-15(17)3/h5-8,11,13H,4,9-10,12H2,1-3H3,(H,23,25). The number of amides is 1. The van der Waals surface area contributed by atoms with Gasteiger partial charge in [-0.25, -0.2) is 9.97 Å². The third-order valence-corrected chi connectivity index (χ3v) is 4.27. The number of fused-ring (bicyclic) bond motifs is 1. The van der Waals surface area contributed by atoms with Crippen molar-refractivity contribution in [3.05, 3.63) is 53.5 Å². The summed E-state index contributed by atoms with van der Waals surface area (Å²) in [6.45, 7) is 7.02. The van der Waals surface area contributed by atoms with E-state index in [0.717, 1.165) is 46.8 Å². The van der Waals surface area contributed by atoms with Gasteiger partial charge in [0, 0.05) is 31.3 Å². The van der Waals surface area contributed by atoms with E-state index < -0.39 is 0 Å². The van der Waals surface area contributed by atoms with Crippen molar-refractivity contribution in [1.82, 2.24) is 14.5 Å². The fourth-order valence-corrected chi connectivity index (χ4v) is 2.96. The molecule has 0 aliphatic rings. The first-order chi connectivity index (χ1) is 12.1. The van der Waals surface area contributed by atoms with Crippen LogP contribution < -0.4 is 5.32 Å². The molecule has 0 fully saturated rings. The Bertz CT molecular complexity index is 898. The van der Waals surface area contributed by atoms with Crippen LogP contribution in [-0.2, 0) is 17.8 Å². The lowest BCUT2D eigenvalue weighted by molar-refractivity contribution is -0.116. The largest absolute Gasteiger partial charge is 0.326 e. The third kappa shape index (κ3) is 3.87. The zero-order chi connectivity index (χ0) is 17.8. The number of aromatic nitrogens is 3. The summed E-state index contributed by atoms with van der Waals surface area (Å²) in [7, 11) is 0. The van der Waals surface area contributed by atoms with Crippen molar-refractivity contribution in [3.8, 4) is 0 Å². The van der Waals surface area contributed by atoms with Crippen molar-refractivity contribution < 1.29 is 4.79 Å². The van der Waals surface area contributed by atoms with Gasteiger partial charge in [-0.15, -0.1) is 0 Å². The number of anilines is 1. The minimum absolute atomic E-state index is 0.0109. The molecule has 0 radical (unpaired) electrons. The van der Waals surface area contributed by atoms with Crippen LogP contribution in [0.4, 0.5) is 5.69 Å². The first kappa shape index (κ1) is 17.1. The highest BCUT2D eigenvalue weighted by Crippen LogP contribution is 2.18. The molecule has 1 amide bonds. The summed E-state index contributed by atoms with van der Waals surface area (Å²) in [5.74, 6) is 0.934. The second-order valence-electron chi connectivity index (χ2n) is 6.39. The molecule has 0 saturated carbocycles. The van der Waals surface area contributed by atoms with E-state index in [0.29, 0.717) is 12.8 Å². The van der Waals surface area contributed by atoms with Gasteiger partial charge in [-0.1, -0.05) is 19.1 Å². The maximum atomic E-state index is 12.4. The maximum absolute atomic E-state index is 12.4. The zero-order valence-electron chi connectivity index (χ0n) is 15.0. The molecule has 1 N–H and O–H groups in total. The molecule has 0 unspecified atom stereocenters. The van der Waals surface area contributed by atoms with Gasteiger partial charge >= 0.3 is 0 Å². The minimum atomic E-state index is 0.0109. The zero-order valence-corrected chi connectivity index (χ0v) is 15.0. The first-order valence-corrected chi connectivity index (χ1v) is 8.75. The quantitative estimate of drug-likeness (QED) is 0.739. The highest BCUT2D eigenvalue weighted by atomic mass is 16.1. The lowest BCUT2D eigenvalue weighted by Gasteiger charge is -2.10. The smallest absolute Gasteiger partial charge is 0.224 e. The van der Waals surface area contributed by atoms with Gasteiger partial charge in [-0.05, 0) is 49.6 Å². The van der Waals surface area contributed by atoms with Gasteiger partial charge in [0.05, 0.1) is 0 Å². The number of carbonyl (C=O) groups is 1. The Hall–Kier alpha value is -2.69. The van der Waals surface area contributed by atoms with Crippen molar-refractivity contribution >= 4 is 22.8 Å². The molecule has 1 aromatic carbocycles. The summed E-state index contributed by atoms with van der Waals surface area (Å²) < 4.78 is 2.13. The molecule has 2 heterocycles. The van der Waals surface area contributed by atoms with Gasteiger partial charge in [0.25, 0.3) is 0 Å². The van der Waals surface area contributed by atoms with E-state index in [-0.39, 0.29) is 5.91 Å². The number of aryl methyl sites for hydroxylation is 4. The molecule has 0 aliphatic heterocycles. The predicted octanol–water partition coefficient (Wildman–Crippen LogP) is 4.03. The van der Waals surface area contributed by atoms with Crippen LogP contribution in [0.2, 0.25) is 0 Å². The Labute approximate surface area is 148 Å². The molecule has 25 heavy (non-hydrogen) atoms. The second kappa shape index (κ2) is 7.47. The summed E-state index contributed by atoms with van der Waals surface area (Å²) in [6.07, 6.45) is 3.80. The number of rotatable bonds is 6. The molecule has 0 saturated heterocycles. The topological polar surface area (TPSA) is 59.8 Å². The van der Waals surface area contributed by atoms with Gasteiger partial charge in [0.15, 0.2) is 5.65 Å². The third-order valence-electron chi connectivity index (χ3n) is 4.27. The van der Waals surface area contributed by atoms with Crippen molar-refractivity contribution in [2.75, 3.05) is 5.32 Å². The van der Waals surface area contributed by atoms with Gasteiger partial charge in [-0.3, -0.25) is 4.79 Å². The fraction of sp³-hybridized carbons (Fsp3) is 0.350. The van der Waals surface area contributed by atoms with Crippen LogP contribution in [0.1, 0.15) is 36.7 Å². The van der Waals surface area contributed by atoms with Crippen molar-refractivity contribution in [1.29, 1.82) is 0 Å². The number of pyridine rings is 1. The highest BCUT2D eigenvalue weighted by Gasteiger charge is 2.13. The molecule has 2 aromatic heterocycles. The van der Waals surface area contributed by atoms with Crippen LogP contribution in [0.3, 0.4) is 0 Å². The highest BCUT2D eigenvalue weighted by molar-refractivity contribution is 5.91. The number of nitrogens with one attached hydrogen (secondary N) is 1. The minimum Gasteiger partial charge on any atom is -0.326 e. The van der Waals surface area contributed by atoms with E-state index in [2.05, 4.69) is 26.8 Å². The molecular formula is C20H24N4O. The van der Waals surface area contributed by atoms with Gasteiger partial charge in [-0.2, -0.15) is 0 Å². The molecule has 3 rings (SSSR count). The van der Waals surface area contributed by atoms with E-state index in [1.54, 1.807) is 6.20 Å². The SMILES string of the molecule is CCCn1c(CCC(=O)Nc2cc(C)ccc2C)nc2cccnc21. The maximum Gasteiger partial charge on any atom is 0.224 e. The van der Waals surface area contributed by atoms with Crippen molar-refractivity contribution in [2.45, 2.75) is 46.6 Å². The number of hydrogen-bond donors (Lipinski definition) is 1. The van der Waals surface area contributed by atoms with E-state index >= 15 is 0 Å². The monoisotopic (exact) mass is 336 g/mol. The molecule has 0 spiro atoms. The van der Waals surface area contributed by atoms with Gasteiger partial charge < -0.3 is 9.88 Å². The Morgan fingerprint density at radius 3 is 2.88 bits per heavy atom. The summed E-state index contributed by atoms with van der Waals surface area (Å²) >= 11 is 0. The fourth-order valence-electron chi connectivity index (χ4n) is 2.96. The molecule has 130 valence electrons. The number of carbonyl (C=O) groups excluding carboxylic acids is 1. The van der Waals surface area contributed by atoms with Gasteiger partial charge in [0.1, 0.15) is 11.3 Å². The van der Waals surface area contributed by atoms with Crippen LogP contribution in [0.5, 0.6) is 0 Å². The summed E-state index contributed by atoms with van der Waals surface area (Å²) in [6, 6.07) is 9.93. The van der Waals surface area contributed by atoms with Crippen molar-refractivity contribution in [2.24, 2.45) is 0 Å². The Balaban J connectivity index is 1.72. The Morgan fingerprint density at radius 1 is 1.24 bits per heavy atom. The Kier molecular flexibility index (Phi) is 5.12. The van der Waals surface area contributed by atoms with Crippen LogP contribution >= 0.6 is 0 Å². The van der Waals surface area contributed by atoms with E-state index in [1.165, 1.54) is 0 Å². The summed E-state index contributed by atoms with van der Waals surface area (Å²) in [5.41, 5.74) is 4.88. The van der Waals surface area contributed by atoms with Crippen LogP contribution in [0.25, 0.3) is 11.2 Å². The number of hydrogen-bond acceptors (Lipinski definition) is 3. The molecule has 0 atom stereocenters. The van der Waals surface area contributed by atoms with Crippen LogP contribution in [0.15, 0.2) is 36.5 Å². The lowest BCUT2D eigenvalue weighted by Crippen LogP contribution is -2.15. The van der Waals surface area contributed by atoms with Crippen molar-refractivity contribution in [3.63, 3.8) is 0 Å². The summed E-state index contributed by atoms with van der Waals surface area (Å²) in [4.78, 5) is 21.5. The van der Waals surface area contributed by atoms with E-state index in [9.17, 15) is 4.79 Å². The number of nitrogens with zero attached hydrogens (tertiary/aromatic N) is 3. The molecule has 0 aliphatic carbocycles. The first-order valence-electron chi connectivity index (χ1n) is 8.75. The van der Waals surface area contributed by atoms with E-state index in [4.69, 9.17) is 0 Å². The molecule has 3 aromatic rings. The summed E-state index contributed by atoms with van der Waals surface area (Å²) in [5, 5.41) is 3.01. The van der Waals surface area contributed by atoms with E-state index in [1.807, 2.05) is 44.2 Å². The predicted molar refractivity (Wildman–Crippen MR) is 101 cm³/mol. The Morgan fingerprint density at radius 2 is 2.08 bits per heavy atom. The second-order valence-corrected chi connectivity index (χ2v) is 6.39. The normalized spacial score (nSPS) is 11.0. The molecular weight excluding hydrogens is 312 g/mol. The molecule has 0 bridgehead atoms. The van der Waals surface area contributed by atoms with Gasteiger partial charge in [0.2, 0.25) is 5.91 Å². The molecule has 5 nitrogen and oxygen atoms in total. The average molecular weight is 336 g/mol. The van der Waals surface area contributed by atoms with Crippen LogP contribution in [0, 0.1) is 13.8 Å². The van der Waals surface area contributed by atoms with Crippen LogP contribution in [-0.4, -0.2) is 20.4 Å². The average Bonchev–Trinajstić information content (AvgIpc) is 2.95. The number of benzene rings is 1. The number of imidazole rings is 1. The molecule has 5 heteroatoms.